The van der Waals surface area contributed by atoms with E-state index in [9.17, 15) is 4.79 Å². The lowest BCUT2D eigenvalue weighted by Crippen LogP contribution is -2.29. The van der Waals surface area contributed by atoms with E-state index >= 15 is 0 Å². The molecular weight excluding hydrogens is 166 g/mol. The zero-order chi connectivity index (χ0) is 10.3. The van der Waals surface area contributed by atoms with E-state index < -0.39 is 0 Å². The average Bonchev–Trinajstić information content (AvgIpc) is 2.19. The first-order valence-electron chi connectivity index (χ1n) is 4.37. The van der Waals surface area contributed by atoms with E-state index in [0.717, 1.165) is 13.1 Å². The molecule has 0 aromatic heterocycles. The van der Waals surface area contributed by atoms with Gasteiger partial charge in [-0.3, -0.25) is 9.80 Å². The summed E-state index contributed by atoms with van der Waals surface area (Å²) >= 11 is 0. The number of nitrogens with one attached hydrogen (secondary N) is 1. The highest BCUT2D eigenvalue weighted by atomic mass is 16.1. The molecule has 4 nitrogen and oxygen atoms in total. The second-order valence-corrected chi connectivity index (χ2v) is 2.41. The number of nitrogens with zero attached hydrogens (tertiary/aromatic N) is 2. The fourth-order valence-corrected chi connectivity index (χ4v) is 0.824. The Morgan fingerprint density at radius 3 is 2.38 bits per heavy atom. The molecule has 0 radical (unpaired) electrons. The molecule has 0 spiro atoms. The minimum atomic E-state index is -0.207. The first-order valence-corrected chi connectivity index (χ1v) is 4.37. The predicted octanol–water partition coefficient (Wildman–Crippen LogP) is 0.616. The minimum absolute atomic E-state index is 0.207. The molecular formula is C9H17N3O. The van der Waals surface area contributed by atoms with E-state index in [1.54, 1.807) is 12.1 Å². The third-order valence-electron chi connectivity index (χ3n) is 1.63. The summed E-state index contributed by atoms with van der Waals surface area (Å²) in [7, 11) is 1.57. The number of hydrazone groups is 1. The summed E-state index contributed by atoms with van der Waals surface area (Å²) in [4.78, 5) is 11.2. The monoisotopic (exact) mass is 183 g/mol. The van der Waals surface area contributed by atoms with Gasteiger partial charge in [-0.25, -0.2) is 0 Å². The number of amides is 1. The second kappa shape index (κ2) is 6.22. The largest absolute Gasteiger partial charge is 0.354 e. The maximum absolute atomic E-state index is 11.2. The zero-order valence-electron chi connectivity index (χ0n) is 8.50. The fraction of sp³-hybridized carbons (Fsp3) is 0.556. The quantitative estimate of drug-likeness (QED) is 0.501. The number of rotatable bonds is 5. The Kier molecular flexibility index (Phi) is 5.59. The molecule has 0 aromatic carbocycles. The van der Waals surface area contributed by atoms with Gasteiger partial charge in [0.1, 0.15) is 5.71 Å². The van der Waals surface area contributed by atoms with Crippen LogP contribution in [0.4, 0.5) is 0 Å². The standard InChI is InChI=1S/C9H17N3O/c1-5-8(9(13)10-4)11-12(6-2)7-3/h5H,1,6-7H2,2-4H3,(H,10,13)/b11-8+. The third kappa shape index (κ3) is 3.73. The third-order valence-corrected chi connectivity index (χ3v) is 1.63. The molecule has 0 aromatic rings. The van der Waals surface area contributed by atoms with E-state index in [1.165, 1.54) is 6.08 Å². The topological polar surface area (TPSA) is 44.7 Å². The predicted molar refractivity (Wildman–Crippen MR) is 54.6 cm³/mol. The molecule has 0 fully saturated rings. The van der Waals surface area contributed by atoms with Crippen LogP contribution in [0.1, 0.15) is 13.8 Å². The molecule has 0 aliphatic rings. The Hall–Kier alpha value is -1.32. The lowest BCUT2D eigenvalue weighted by molar-refractivity contribution is -0.114. The Morgan fingerprint density at radius 1 is 1.54 bits per heavy atom. The van der Waals surface area contributed by atoms with E-state index in [0.29, 0.717) is 5.71 Å². The smallest absolute Gasteiger partial charge is 0.271 e. The van der Waals surface area contributed by atoms with Crippen LogP contribution in [0, 0.1) is 0 Å². The van der Waals surface area contributed by atoms with Crippen molar-refractivity contribution in [3.8, 4) is 0 Å². The molecule has 1 N–H and O–H groups in total. The molecule has 0 aliphatic carbocycles. The van der Waals surface area contributed by atoms with Crippen LogP contribution in [-0.2, 0) is 4.79 Å². The van der Waals surface area contributed by atoms with Crippen LogP contribution < -0.4 is 5.32 Å². The van der Waals surface area contributed by atoms with Gasteiger partial charge in [0, 0.05) is 20.1 Å². The number of hydrogen-bond acceptors (Lipinski definition) is 3. The van der Waals surface area contributed by atoms with Crippen molar-refractivity contribution in [2.45, 2.75) is 13.8 Å². The van der Waals surface area contributed by atoms with Gasteiger partial charge in [-0.1, -0.05) is 6.58 Å². The van der Waals surface area contributed by atoms with Gasteiger partial charge in [-0.2, -0.15) is 5.10 Å². The highest BCUT2D eigenvalue weighted by molar-refractivity contribution is 6.43. The van der Waals surface area contributed by atoms with Gasteiger partial charge in [-0.15, -0.1) is 0 Å². The summed E-state index contributed by atoms with van der Waals surface area (Å²) in [5, 5.41) is 8.42. The maximum Gasteiger partial charge on any atom is 0.271 e. The Bertz CT molecular complexity index is 207. The molecule has 0 saturated heterocycles. The van der Waals surface area contributed by atoms with Gasteiger partial charge in [0.25, 0.3) is 5.91 Å². The molecule has 0 heterocycles. The van der Waals surface area contributed by atoms with Gasteiger partial charge >= 0.3 is 0 Å². The molecule has 4 heteroatoms. The normalized spacial score (nSPS) is 10.8. The second-order valence-electron chi connectivity index (χ2n) is 2.41. The summed E-state index contributed by atoms with van der Waals surface area (Å²) in [5.74, 6) is -0.207. The molecule has 0 bridgehead atoms. The van der Waals surface area contributed by atoms with Crippen LogP contribution in [0.25, 0.3) is 0 Å². The maximum atomic E-state index is 11.2. The Morgan fingerprint density at radius 2 is 2.08 bits per heavy atom. The van der Waals surface area contributed by atoms with Crippen molar-refractivity contribution >= 4 is 11.6 Å². The molecule has 0 atom stereocenters. The van der Waals surface area contributed by atoms with Crippen molar-refractivity contribution < 1.29 is 4.79 Å². The molecule has 0 aliphatic heterocycles. The summed E-state index contributed by atoms with van der Waals surface area (Å²) in [6.07, 6.45) is 1.46. The van der Waals surface area contributed by atoms with Crippen molar-refractivity contribution in [3.63, 3.8) is 0 Å². The van der Waals surface area contributed by atoms with Crippen molar-refractivity contribution in [1.29, 1.82) is 0 Å². The van der Waals surface area contributed by atoms with Gasteiger partial charge < -0.3 is 5.32 Å². The van der Waals surface area contributed by atoms with E-state index in [2.05, 4.69) is 17.0 Å². The molecule has 0 unspecified atom stereocenters. The molecule has 0 rings (SSSR count). The van der Waals surface area contributed by atoms with Crippen LogP contribution in [0.3, 0.4) is 0 Å². The SMILES string of the molecule is C=C/C(=N\N(CC)CC)C(=O)NC. The van der Waals surface area contributed by atoms with Gasteiger partial charge in [-0.05, 0) is 19.9 Å². The lowest BCUT2D eigenvalue weighted by atomic mass is 10.3. The molecule has 74 valence electrons. The first kappa shape index (κ1) is 11.7. The van der Waals surface area contributed by atoms with Crippen molar-refractivity contribution in [3.05, 3.63) is 12.7 Å². The molecule has 1 amide bonds. The highest BCUT2D eigenvalue weighted by Crippen LogP contribution is 1.91. The Balaban J connectivity index is 4.53. The van der Waals surface area contributed by atoms with E-state index in [-0.39, 0.29) is 5.91 Å². The van der Waals surface area contributed by atoms with Crippen molar-refractivity contribution in [2.24, 2.45) is 5.10 Å². The van der Waals surface area contributed by atoms with E-state index in [4.69, 9.17) is 0 Å². The summed E-state index contributed by atoms with van der Waals surface area (Å²) < 4.78 is 0. The number of carbonyl (C=O) groups excluding carboxylic acids is 1. The van der Waals surface area contributed by atoms with Gasteiger partial charge in [0.05, 0.1) is 0 Å². The Labute approximate surface area is 79.3 Å². The van der Waals surface area contributed by atoms with Crippen LogP contribution in [-0.4, -0.2) is 36.8 Å². The van der Waals surface area contributed by atoms with Crippen molar-refractivity contribution in [1.82, 2.24) is 10.3 Å². The van der Waals surface area contributed by atoms with E-state index in [1.807, 2.05) is 13.8 Å². The number of hydrogen-bond donors (Lipinski definition) is 1. The van der Waals surface area contributed by atoms with Crippen LogP contribution >= 0.6 is 0 Å². The lowest BCUT2D eigenvalue weighted by Gasteiger charge is -2.14. The van der Waals surface area contributed by atoms with Gasteiger partial charge in [0.15, 0.2) is 0 Å². The average molecular weight is 183 g/mol. The molecule has 0 saturated carbocycles. The van der Waals surface area contributed by atoms with Crippen LogP contribution in [0.5, 0.6) is 0 Å². The first-order chi connectivity index (χ1) is 6.19. The van der Waals surface area contributed by atoms with Crippen molar-refractivity contribution in [2.75, 3.05) is 20.1 Å². The molecule has 13 heavy (non-hydrogen) atoms. The summed E-state index contributed by atoms with van der Waals surface area (Å²) in [6.45, 7) is 9.07. The van der Waals surface area contributed by atoms with Crippen LogP contribution in [0.2, 0.25) is 0 Å². The summed E-state index contributed by atoms with van der Waals surface area (Å²) in [6, 6.07) is 0. The zero-order valence-corrected chi connectivity index (χ0v) is 8.50. The highest BCUT2D eigenvalue weighted by Gasteiger charge is 2.05. The number of carbonyl (C=O) groups is 1. The fourth-order valence-electron chi connectivity index (χ4n) is 0.824. The van der Waals surface area contributed by atoms with Crippen LogP contribution in [0.15, 0.2) is 17.8 Å². The van der Waals surface area contributed by atoms with Gasteiger partial charge in [0.2, 0.25) is 0 Å². The summed E-state index contributed by atoms with van der Waals surface area (Å²) in [5.41, 5.74) is 0.353. The minimum Gasteiger partial charge on any atom is -0.354 e.